The second kappa shape index (κ2) is 5.95. The SMILES string of the molecule is COc1cc2c(N)c3c(c(-c4ccc5c(c4)OCO5)c2cc1OC)C(=O)OC3. The summed E-state index contributed by atoms with van der Waals surface area (Å²) in [6.45, 7) is 0.314. The van der Waals surface area contributed by atoms with E-state index in [1.54, 1.807) is 14.2 Å². The molecule has 0 unspecified atom stereocenters. The summed E-state index contributed by atoms with van der Waals surface area (Å²) in [7, 11) is 3.13. The van der Waals surface area contributed by atoms with Gasteiger partial charge in [-0.25, -0.2) is 4.79 Å². The quantitative estimate of drug-likeness (QED) is 0.550. The number of carbonyl (C=O) groups is 1. The standard InChI is InChI=1S/C21H17NO6/c1-24-15-6-11-12(7-16(15)25-2)20(22)13-8-26-21(23)19(13)18(11)10-3-4-14-17(5-10)28-9-27-14/h3-7H,8-9,22H2,1-2H3. The number of fused-ring (bicyclic) bond motifs is 3. The molecule has 5 rings (SSSR count). The third-order valence-electron chi connectivity index (χ3n) is 5.17. The molecule has 2 aliphatic rings. The van der Waals surface area contributed by atoms with Gasteiger partial charge in [0.1, 0.15) is 6.61 Å². The Kier molecular flexibility index (Phi) is 3.52. The summed E-state index contributed by atoms with van der Waals surface area (Å²) in [5.74, 6) is 2.00. The number of hydrogen-bond donors (Lipinski definition) is 1. The molecule has 2 heterocycles. The number of anilines is 1. The van der Waals surface area contributed by atoms with Gasteiger partial charge < -0.3 is 29.4 Å². The van der Waals surface area contributed by atoms with Crippen molar-refractivity contribution in [3.8, 4) is 34.1 Å². The molecule has 2 aliphatic heterocycles. The highest BCUT2D eigenvalue weighted by molar-refractivity contribution is 6.15. The monoisotopic (exact) mass is 379 g/mol. The van der Waals surface area contributed by atoms with Gasteiger partial charge >= 0.3 is 5.97 Å². The number of nitrogens with two attached hydrogens (primary N) is 1. The smallest absolute Gasteiger partial charge is 0.339 e. The van der Waals surface area contributed by atoms with E-state index in [-0.39, 0.29) is 13.4 Å². The summed E-state index contributed by atoms with van der Waals surface area (Å²) >= 11 is 0. The van der Waals surface area contributed by atoms with Gasteiger partial charge in [-0.1, -0.05) is 6.07 Å². The van der Waals surface area contributed by atoms with Crippen molar-refractivity contribution >= 4 is 22.4 Å². The molecule has 0 saturated heterocycles. The van der Waals surface area contributed by atoms with Crippen LogP contribution in [0.2, 0.25) is 0 Å². The van der Waals surface area contributed by atoms with E-state index in [9.17, 15) is 4.79 Å². The van der Waals surface area contributed by atoms with Crippen LogP contribution in [0.5, 0.6) is 23.0 Å². The summed E-state index contributed by atoms with van der Waals surface area (Å²) in [6.07, 6.45) is 0. The molecule has 3 aromatic carbocycles. The van der Waals surface area contributed by atoms with Gasteiger partial charge in [-0.15, -0.1) is 0 Å². The Morgan fingerprint density at radius 3 is 2.36 bits per heavy atom. The lowest BCUT2D eigenvalue weighted by molar-refractivity contribution is 0.0536. The number of methoxy groups -OCH3 is 2. The molecule has 0 amide bonds. The molecule has 0 atom stereocenters. The van der Waals surface area contributed by atoms with Gasteiger partial charge in [0, 0.05) is 22.2 Å². The van der Waals surface area contributed by atoms with Crippen LogP contribution in [0.3, 0.4) is 0 Å². The van der Waals surface area contributed by atoms with Crippen LogP contribution in [0.4, 0.5) is 5.69 Å². The Hall–Kier alpha value is -3.61. The second-order valence-electron chi connectivity index (χ2n) is 6.54. The number of cyclic esters (lactones) is 1. The molecule has 0 bridgehead atoms. The zero-order valence-electron chi connectivity index (χ0n) is 15.3. The van der Waals surface area contributed by atoms with Crippen LogP contribution >= 0.6 is 0 Å². The molecule has 0 saturated carbocycles. The van der Waals surface area contributed by atoms with Crippen molar-refractivity contribution in [2.75, 3.05) is 26.7 Å². The predicted molar refractivity (Wildman–Crippen MR) is 102 cm³/mol. The number of ether oxygens (including phenoxy) is 5. The maximum absolute atomic E-state index is 12.6. The molecule has 7 heteroatoms. The van der Waals surface area contributed by atoms with E-state index in [4.69, 9.17) is 29.4 Å². The Balaban J connectivity index is 1.90. The molecular weight excluding hydrogens is 362 g/mol. The average molecular weight is 379 g/mol. The fourth-order valence-corrected chi connectivity index (χ4v) is 3.83. The van der Waals surface area contributed by atoms with Crippen LogP contribution in [0.15, 0.2) is 30.3 Å². The van der Waals surface area contributed by atoms with Crippen LogP contribution in [-0.4, -0.2) is 27.0 Å². The number of hydrogen-bond acceptors (Lipinski definition) is 7. The van der Waals surface area contributed by atoms with Crippen molar-refractivity contribution < 1.29 is 28.5 Å². The molecule has 28 heavy (non-hydrogen) atoms. The van der Waals surface area contributed by atoms with Gasteiger partial charge in [0.2, 0.25) is 6.79 Å². The molecule has 7 nitrogen and oxygen atoms in total. The molecule has 2 N–H and O–H groups in total. The fraction of sp³-hybridized carbons (Fsp3) is 0.190. The largest absolute Gasteiger partial charge is 0.493 e. The Morgan fingerprint density at radius 2 is 1.61 bits per heavy atom. The molecule has 0 radical (unpaired) electrons. The van der Waals surface area contributed by atoms with Gasteiger partial charge in [-0.05, 0) is 35.2 Å². The first kappa shape index (κ1) is 16.6. The van der Waals surface area contributed by atoms with Crippen LogP contribution in [0.25, 0.3) is 21.9 Å². The lowest BCUT2D eigenvalue weighted by Crippen LogP contribution is -2.03. The van der Waals surface area contributed by atoms with Gasteiger partial charge in [0.05, 0.1) is 19.8 Å². The first-order valence-corrected chi connectivity index (χ1v) is 8.69. The van der Waals surface area contributed by atoms with Crippen LogP contribution in [-0.2, 0) is 11.3 Å². The zero-order valence-corrected chi connectivity index (χ0v) is 15.3. The van der Waals surface area contributed by atoms with Crippen molar-refractivity contribution in [1.29, 1.82) is 0 Å². The van der Waals surface area contributed by atoms with E-state index in [2.05, 4.69) is 0 Å². The van der Waals surface area contributed by atoms with Crippen LogP contribution < -0.4 is 24.7 Å². The predicted octanol–water partition coefficient (Wildman–Crippen LogP) is 3.51. The first-order chi connectivity index (χ1) is 13.6. The van der Waals surface area contributed by atoms with Gasteiger partial charge in [-0.2, -0.15) is 0 Å². The van der Waals surface area contributed by atoms with E-state index in [0.29, 0.717) is 39.8 Å². The molecular formula is C21H17NO6. The summed E-state index contributed by atoms with van der Waals surface area (Å²) in [6, 6.07) is 9.23. The zero-order chi connectivity index (χ0) is 19.4. The van der Waals surface area contributed by atoms with Crippen molar-refractivity contribution in [3.63, 3.8) is 0 Å². The molecule has 0 aromatic heterocycles. The van der Waals surface area contributed by atoms with Crippen molar-refractivity contribution in [3.05, 3.63) is 41.5 Å². The summed E-state index contributed by atoms with van der Waals surface area (Å²) in [5.41, 5.74) is 9.58. The summed E-state index contributed by atoms with van der Waals surface area (Å²) in [5, 5.41) is 1.54. The van der Waals surface area contributed by atoms with Crippen LogP contribution in [0.1, 0.15) is 15.9 Å². The Bertz CT molecular complexity index is 1150. The number of nitrogen functional groups attached to an aromatic ring is 1. The highest BCUT2D eigenvalue weighted by Gasteiger charge is 2.31. The topological polar surface area (TPSA) is 89.2 Å². The number of esters is 1. The number of carbonyl (C=O) groups excluding carboxylic acids is 1. The minimum absolute atomic E-state index is 0.141. The maximum atomic E-state index is 12.6. The third kappa shape index (κ3) is 2.19. The molecule has 3 aromatic rings. The van der Waals surface area contributed by atoms with Gasteiger partial charge in [-0.3, -0.25) is 0 Å². The van der Waals surface area contributed by atoms with E-state index in [0.717, 1.165) is 21.9 Å². The van der Waals surface area contributed by atoms with Gasteiger partial charge in [0.15, 0.2) is 23.0 Å². The van der Waals surface area contributed by atoms with Crippen molar-refractivity contribution in [2.24, 2.45) is 0 Å². The van der Waals surface area contributed by atoms with E-state index in [1.807, 2.05) is 30.3 Å². The first-order valence-electron chi connectivity index (χ1n) is 8.69. The molecule has 142 valence electrons. The minimum atomic E-state index is -0.397. The maximum Gasteiger partial charge on any atom is 0.339 e. The molecule has 0 aliphatic carbocycles. The Labute approximate surface area is 160 Å². The number of rotatable bonds is 3. The lowest BCUT2D eigenvalue weighted by Gasteiger charge is -2.17. The van der Waals surface area contributed by atoms with Gasteiger partial charge in [0.25, 0.3) is 0 Å². The number of benzene rings is 3. The second-order valence-corrected chi connectivity index (χ2v) is 6.54. The molecule has 0 fully saturated rings. The molecule has 0 spiro atoms. The van der Waals surface area contributed by atoms with E-state index in [1.165, 1.54) is 0 Å². The minimum Gasteiger partial charge on any atom is -0.493 e. The highest BCUT2D eigenvalue weighted by Crippen LogP contribution is 2.47. The summed E-state index contributed by atoms with van der Waals surface area (Å²) < 4.78 is 27.1. The third-order valence-corrected chi connectivity index (χ3v) is 5.17. The Morgan fingerprint density at radius 1 is 0.893 bits per heavy atom. The van der Waals surface area contributed by atoms with Crippen LogP contribution in [0, 0.1) is 0 Å². The highest BCUT2D eigenvalue weighted by atomic mass is 16.7. The van der Waals surface area contributed by atoms with Crippen molar-refractivity contribution in [1.82, 2.24) is 0 Å². The summed E-state index contributed by atoms with van der Waals surface area (Å²) in [4.78, 5) is 12.6. The average Bonchev–Trinajstić information content (AvgIpc) is 3.34. The van der Waals surface area contributed by atoms with Crippen molar-refractivity contribution in [2.45, 2.75) is 6.61 Å². The normalized spacial score (nSPS) is 14.1. The van der Waals surface area contributed by atoms with E-state index >= 15 is 0 Å². The lowest BCUT2D eigenvalue weighted by atomic mass is 9.89. The fourth-order valence-electron chi connectivity index (χ4n) is 3.83. The van der Waals surface area contributed by atoms with E-state index < -0.39 is 5.97 Å².